The predicted molar refractivity (Wildman–Crippen MR) is 126 cm³/mol. The summed E-state index contributed by atoms with van der Waals surface area (Å²) in [5, 5.41) is 5.86. The van der Waals surface area contributed by atoms with Crippen LogP contribution < -0.4 is 15.5 Å². The molecule has 6 heteroatoms. The minimum absolute atomic E-state index is 0.184. The van der Waals surface area contributed by atoms with Crippen LogP contribution in [0.15, 0.2) is 78.5 Å². The first kappa shape index (κ1) is 21.1. The second kappa shape index (κ2) is 8.51. The van der Waals surface area contributed by atoms with Crippen molar-refractivity contribution in [3.8, 4) is 0 Å². The minimum Gasteiger partial charge on any atom is -0.350 e. The van der Waals surface area contributed by atoms with E-state index in [0.29, 0.717) is 22.6 Å². The Morgan fingerprint density at radius 1 is 0.781 bits per heavy atom. The van der Waals surface area contributed by atoms with Crippen molar-refractivity contribution in [2.45, 2.75) is 20.8 Å². The van der Waals surface area contributed by atoms with E-state index in [0.717, 1.165) is 11.1 Å². The van der Waals surface area contributed by atoms with Gasteiger partial charge in [0.25, 0.3) is 11.8 Å². The van der Waals surface area contributed by atoms with Crippen LogP contribution in [0.1, 0.15) is 23.6 Å². The Morgan fingerprint density at radius 3 is 2.06 bits per heavy atom. The third kappa shape index (κ3) is 4.16. The molecule has 0 atom stereocenters. The summed E-state index contributed by atoms with van der Waals surface area (Å²) >= 11 is 0. The Bertz CT molecular complexity index is 1240. The van der Waals surface area contributed by atoms with E-state index < -0.39 is 11.8 Å². The molecule has 0 aliphatic carbocycles. The van der Waals surface area contributed by atoms with E-state index in [-0.39, 0.29) is 17.2 Å². The molecule has 0 bridgehead atoms. The fraction of sp³-hybridized carbons (Fsp3) is 0.115. The summed E-state index contributed by atoms with van der Waals surface area (Å²) in [6.45, 7) is 5.32. The van der Waals surface area contributed by atoms with Crippen molar-refractivity contribution in [2.24, 2.45) is 0 Å². The van der Waals surface area contributed by atoms with Crippen LogP contribution in [0.4, 0.5) is 17.1 Å². The highest BCUT2D eigenvalue weighted by Gasteiger charge is 2.40. The van der Waals surface area contributed by atoms with Gasteiger partial charge in [0.05, 0.1) is 11.3 Å². The van der Waals surface area contributed by atoms with E-state index in [2.05, 4.69) is 10.6 Å². The highest BCUT2D eigenvalue weighted by molar-refractivity contribution is 6.46. The van der Waals surface area contributed by atoms with Crippen LogP contribution in [0.2, 0.25) is 0 Å². The molecule has 1 heterocycles. The number of carbonyl (C=O) groups excluding carboxylic acids is 3. The van der Waals surface area contributed by atoms with Gasteiger partial charge in [0, 0.05) is 18.3 Å². The quantitative estimate of drug-likeness (QED) is 0.583. The van der Waals surface area contributed by atoms with Gasteiger partial charge < -0.3 is 10.6 Å². The number of amides is 3. The second-order valence-corrected chi connectivity index (χ2v) is 7.78. The van der Waals surface area contributed by atoms with Crippen LogP contribution >= 0.6 is 0 Å². The molecule has 0 fully saturated rings. The topological polar surface area (TPSA) is 78.5 Å². The van der Waals surface area contributed by atoms with Gasteiger partial charge in [0.15, 0.2) is 0 Å². The summed E-state index contributed by atoms with van der Waals surface area (Å²) < 4.78 is 0. The summed E-state index contributed by atoms with van der Waals surface area (Å²) in [5.41, 5.74) is 4.97. The van der Waals surface area contributed by atoms with Gasteiger partial charge in [-0.1, -0.05) is 42.0 Å². The van der Waals surface area contributed by atoms with Crippen molar-refractivity contribution in [2.75, 3.05) is 15.5 Å². The smallest absolute Gasteiger partial charge is 0.282 e. The largest absolute Gasteiger partial charge is 0.350 e. The number of hydrogen-bond donors (Lipinski definition) is 2. The van der Waals surface area contributed by atoms with E-state index in [9.17, 15) is 14.4 Å². The molecule has 0 saturated carbocycles. The summed E-state index contributed by atoms with van der Waals surface area (Å²) in [5.74, 6) is -0.999. The van der Waals surface area contributed by atoms with E-state index in [1.165, 1.54) is 11.8 Å². The van der Waals surface area contributed by atoms with E-state index in [4.69, 9.17) is 0 Å². The molecule has 3 aromatic carbocycles. The first-order valence-corrected chi connectivity index (χ1v) is 10.2. The molecule has 6 nitrogen and oxygen atoms in total. The van der Waals surface area contributed by atoms with Crippen LogP contribution in [0.3, 0.4) is 0 Å². The molecule has 1 aliphatic heterocycles. The number of hydrogen-bond acceptors (Lipinski definition) is 4. The highest BCUT2D eigenvalue weighted by Crippen LogP contribution is 2.34. The van der Waals surface area contributed by atoms with E-state index >= 15 is 0 Å². The molecule has 0 unspecified atom stereocenters. The normalized spacial score (nSPS) is 13.5. The number of nitrogens with zero attached hydrogens (tertiary/aromatic N) is 1. The number of aryl methyl sites for hydroxylation is 2. The Kier molecular flexibility index (Phi) is 5.60. The maximum atomic E-state index is 13.5. The average Bonchev–Trinajstić information content (AvgIpc) is 2.99. The van der Waals surface area contributed by atoms with Crippen molar-refractivity contribution in [3.05, 3.63) is 95.2 Å². The van der Waals surface area contributed by atoms with Crippen molar-refractivity contribution >= 4 is 40.4 Å². The fourth-order valence-corrected chi connectivity index (χ4v) is 3.62. The molecule has 3 aromatic rings. The van der Waals surface area contributed by atoms with Crippen molar-refractivity contribution < 1.29 is 14.4 Å². The van der Waals surface area contributed by atoms with Crippen LogP contribution in [-0.4, -0.2) is 17.7 Å². The fourth-order valence-electron chi connectivity index (χ4n) is 3.62. The molecule has 32 heavy (non-hydrogen) atoms. The standard InChI is InChI=1S/C26H23N3O3/c1-16-7-11-21(12-8-16)28-24-23(19-9-13-20(14-10-19)27-18(3)30)25(31)29(26(24)32)22-6-4-5-17(2)15-22/h4-15,28H,1-3H3,(H,27,30). The third-order valence-corrected chi connectivity index (χ3v) is 5.16. The molecule has 160 valence electrons. The molecule has 0 spiro atoms. The molecule has 3 amide bonds. The number of benzene rings is 3. The zero-order valence-electron chi connectivity index (χ0n) is 18.1. The highest BCUT2D eigenvalue weighted by atomic mass is 16.2. The van der Waals surface area contributed by atoms with Crippen LogP contribution in [0, 0.1) is 13.8 Å². The van der Waals surface area contributed by atoms with Crippen LogP contribution in [0.25, 0.3) is 5.57 Å². The van der Waals surface area contributed by atoms with Gasteiger partial charge in [0.2, 0.25) is 5.91 Å². The summed E-state index contributed by atoms with van der Waals surface area (Å²) in [6.07, 6.45) is 0. The molecule has 1 aliphatic rings. The monoisotopic (exact) mass is 425 g/mol. The molecular weight excluding hydrogens is 402 g/mol. The van der Waals surface area contributed by atoms with Gasteiger partial charge in [-0.25, -0.2) is 4.90 Å². The van der Waals surface area contributed by atoms with Crippen LogP contribution in [-0.2, 0) is 14.4 Å². The van der Waals surface area contributed by atoms with Gasteiger partial charge in [0.1, 0.15) is 5.70 Å². The van der Waals surface area contributed by atoms with Crippen molar-refractivity contribution in [3.63, 3.8) is 0 Å². The lowest BCUT2D eigenvalue weighted by molar-refractivity contribution is -0.120. The zero-order chi connectivity index (χ0) is 22.8. The lowest BCUT2D eigenvalue weighted by Gasteiger charge is -2.16. The van der Waals surface area contributed by atoms with Gasteiger partial charge in [-0.3, -0.25) is 14.4 Å². The summed E-state index contributed by atoms with van der Waals surface area (Å²) in [6, 6.07) is 21.8. The van der Waals surface area contributed by atoms with E-state index in [1.54, 1.807) is 30.3 Å². The first-order chi connectivity index (χ1) is 15.3. The molecule has 0 radical (unpaired) electrons. The average molecular weight is 425 g/mol. The molecular formula is C26H23N3O3. The minimum atomic E-state index is -0.415. The zero-order valence-corrected chi connectivity index (χ0v) is 18.1. The van der Waals surface area contributed by atoms with Gasteiger partial charge in [-0.05, 0) is 61.4 Å². The summed E-state index contributed by atoms with van der Waals surface area (Å²) in [4.78, 5) is 39.4. The summed E-state index contributed by atoms with van der Waals surface area (Å²) in [7, 11) is 0. The maximum absolute atomic E-state index is 13.5. The number of anilines is 3. The number of imide groups is 1. The molecule has 0 saturated heterocycles. The van der Waals surface area contributed by atoms with Gasteiger partial charge in [-0.2, -0.15) is 0 Å². The Labute approximate surface area is 186 Å². The Hall–Kier alpha value is -4.19. The van der Waals surface area contributed by atoms with Crippen LogP contribution in [0.5, 0.6) is 0 Å². The first-order valence-electron chi connectivity index (χ1n) is 10.2. The van der Waals surface area contributed by atoms with E-state index in [1.807, 2.05) is 56.3 Å². The second-order valence-electron chi connectivity index (χ2n) is 7.78. The molecule has 2 N–H and O–H groups in total. The van der Waals surface area contributed by atoms with Crippen molar-refractivity contribution in [1.82, 2.24) is 0 Å². The number of nitrogens with one attached hydrogen (secondary N) is 2. The Balaban J connectivity index is 1.78. The maximum Gasteiger partial charge on any atom is 0.282 e. The molecule has 4 rings (SSSR count). The number of carbonyl (C=O) groups is 3. The lowest BCUT2D eigenvalue weighted by atomic mass is 10.0. The third-order valence-electron chi connectivity index (χ3n) is 5.16. The number of rotatable bonds is 5. The predicted octanol–water partition coefficient (Wildman–Crippen LogP) is 4.66. The SMILES string of the molecule is CC(=O)Nc1ccc(C2=C(Nc3ccc(C)cc3)C(=O)N(c3cccc(C)c3)C2=O)cc1. The van der Waals surface area contributed by atoms with Gasteiger partial charge in [-0.15, -0.1) is 0 Å². The van der Waals surface area contributed by atoms with Gasteiger partial charge >= 0.3 is 0 Å². The molecule has 0 aromatic heterocycles. The van der Waals surface area contributed by atoms with Crippen molar-refractivity contribution in [1.29, 1.82) is 0 Å². The Morgan fingerprint density at radius 2 is 1.44 bits per heavy atom. The lowest BCUT2D eigenvalue weighted by Crippen LogP contribution is -2.32.